The third kappa shape index (κ3) is 6.24. The molecule has 0 unspecified atom stereocenters. The summed E-state index contributed by atoms with van der Waals surface area (Å²) in [7, 11) is 0. The fourth-order valence-electron chi connectivity index (χ4n) is 3.37. The van der Waals surface area contributed by atoms with Gasteiger partial charge in [-0.2, -0.15) is 0 Å². The van der Waals surface area contributed by atoms with Gasteiger partial charge in [0, 0.05) is 25.5 Å². The number of hydrogen-bond acceptors (Lipinski definition) is 6. The van der Waals surface area contributed by atoms with Gasteiger partial charge in [-0.1, -0.05) is 23.5 Å². The van der Waals surface area contributed by atoms with Crippen LogP contribution in [-0.2, 0) is 11.3 Å². The molecule has 4 rings (SSSR count). The maximum Gasteiger partial charge on any atom is 0.266 e. The molecule has 0 radical (unpaired) electrons. The van der Waals surface area contributed by atoms with Gasteiger partial charge in [0.25, 0.3) is 5.91 Å². The number of halogens is 1. The number of para-hydroxylation sites is 1. The first-order valence-corrected chi connectivity index (χ1v) is 11.4. The van der Waals surface area contributed by atoms with Crippen molar-refractivity contribution >= 4 is 45.0 Å². The molecular weight excluding hydrogens is 460 g/mol. The smallest absolute Gasteiger partial charge is 0.266 e. The van der Waals surface area contributed by atoms with Crippen LogP contribution in [0.4, 0.5) is 5.13 Å². The van der Waals surface area contributed by atoms with E-state index in [4.69, 9.17) is 14.5 Å². The molecule has 1 amide bonds. The monoisotopic (exact) mass is 486 g/mol. The minimum Gasteiger partial charge on any atom is -0.494 e. The van der Waals surface area contributed by atoms with E-state index in [0.29, 0.717) is 24.0 Å². The first kappa shape index (κ1) is 24.5. The zero-order chi connectivity index (χ0) is 22.3. The van der Waals surface area contributed by atoms with E-state index < -0.39 is 0 Å². The highest BCUT2D eigenvalue weighted by Crippen LogP contribution is 2.31. The Kier molecular flexibility index (Phi) is 8.68. The molecule has 0 aliphatic carbocycles. The summed E-state index contributed by atoms with van der Waals surface area (Å²) >= 11 is 1.53. The van der Waals surface area contributed by atoms with E-state index in [1.165, 1.54) is 11.3 Å². The van der Waals surface area contributed by atoms with Crippen LogP contribution in [0.15, 0.2) is 61.2 Å². The molecule has 0 saturated carbocycles. The number of carbonyl (C=O) groups is 1. The van der Waals surface area contributed by atoms with Gasteiger partial charge in [-0.25, -0.2) is 9.97 Å². The van der Waals surface area contributed by atoms with E-state index in [9.17, 15) is 4.79 Å². The van der Waals surface area contributed by atoms with Gasteiger partial charge in [-0.05, 0) is 56.2 Å². The van der Waals surface area contributed by atoms with Crippen molar-refractivity contribution in [3.05, 3.63) is 66.7 Å². The fraction of sp³-hybridized carbons (Fsp3) is 0.292. The van der Waals surface area contributed by atoms with Crippen LogP contribution in [0.1, 0.15) is 18.9 Å². The van der Waals surface area contributed by atoms with Gasteiger partial charge in [0.05, 0.1) is 23.2 Å². The number of hydrogen-bond donors (Lipinski definition) is 0. The third-order valence-corrected chi connectivity index (χ3v) is 6.04. The van der Waals surface area contributed by atoms with Gasteiger partial charge in [-0.15, -0.1) is 12.4 Å². The molecule has 0 aliphatic rings. The normalized spacial score (nSPS) is 10.6. The highest BCUT2D eigenvalue weighted by Gasteiger charge is 2.20. The molecule has 0 spiro atoms. The number of fused-ring (bicyclic) bond motifs is 1. The van der Waals surface area contributed by atoms with Gasteiger partial charge in [0.2, 0.25) is 0 Å². The van der Waals surface area contributed by atoms with E-state index in [2.05, 4.69) is 4.98 Å². The number of ether oxygens (including phenoxy) is 2. The average Bonchev–Trinajstić information content (AvgIpc) is 3.47. The molecule has 9 heteroatoms. The van der Waals surface area contributed by atoms with Crippen LogP contribution in [0.3, 0.4) is 0 Å². The van der Waals surface area contributed by atoms with E-state index in [1.807, 2.05) is 67.1 Å². The Bertz CT molecular complexity index is 1160. The van der Waals surface area contributed by atoms with Crippen molar-refractivity contribution in [1.29, 1.82) is 0 Å². The third-order valence-electron chi connectivity index (χ3n) is 5.00. The molecule has 4 aromatic rings. The molecular formula is C24H27ClN4O3S. The van der Waals surface area contributed by atoms with Crippen LogP contribution in [0, 0.1) is 6.92 Å². The fourth-order valence-corrected chi connectivity index (χ4v) is 4.46. The highest BCUT2D eigenvalue weighted by atomic mass is 35.5. The van der Waals surface area contributed by atoms with Gasteiger partial charge < -0.3 is 14.0 Å². The lowest BCUT2D eigenvalue weighted by molar-refractivity contribution is -0.120. The zero-order valence-corrected chi connectivity index (χ0v) is 20.3. The van der Waals surface area contributed by atoms with Crippen molar-refractivity contribution < 1.29 is 14.3 Å². The summed E-state index contributed by atoms with van der Waals surface area (Å²) in [5.41, 5.74) is 2.04. The second-order valence-corrected chi connectivity index (χ2v) is 8.32. The van der Waals surface area contributed by atoms with Crippen LogP contribution < -0.4 is 14.4 Å². The second kappa shape index (κ2) is 11.7. The largest absolute Gasteiger partial charge is 0.494 e. The number of aromatic nitrogens is 3. The standard InChI is InChI=1S/C24H26N4O3S.ClH/c1-3-30-19-8-10-20(11-9-19)31-16-22(29)28(14-5-13-27-15-12-25-17-27)24-26-23-18(2)6-4-7-21(23)32-24;/h4,6-12,15,17H,3,5,13-14,16H2,1-2H3;1H. The molecule has 33 heavy (non-hydrogen) atoms. The number of amides is 1. The summed E-state index contributed by atoms with van der Waals surface area (Å²) in [6.07, 6.45) is 6.23. The number of thiazole rings is 1. The first-order valence-electron chi connectivity index (χ1n) is 10.6. The zero-order valence-electron chi connectivity index (χ0n) is 18.6. The molecule has 7 nitrogen and oxygen atoms in total. The van der Waals surface area contributed by atoms with E-state index >= 15 is 0 Å². The quantitative estimate of drug-likeness (QED) is 0.311. The summed E-state index contributed by atoms with van der Waals surface area (Å²) < 4.78 is 14.3. The molecule has 0 bridgehead atoms. The van der Waals surface area contributed by atoms with Crippen LogP contribution in [-0.4, -0.2) is 40.2 Å². The Labute approximate surface area is 203 Å². The topological polar surface area (TPSA) is 69.5 Å². The molecule has 0 fully saturated rings. The van der Waals surface area contributed by atoms with Crippen molar-refractivity contribution in [2.75, 3.05) is 24.7 Å². The summed E-state index contributed by atoms with van der Waals surface area (Å²) in [5.74, 6) is 1.28. The number of nitrogens with zero attached hydrogens (tertiary/aromatic N) is 4. The summed E-state index contributed by atoms with van der Waals surface area (Å²) in [6.45, 7) is 5.83. The Hall–Kier alpha value is -3.10. The lowest BCUT2D eigenvalue weighted by Crippen LogP contribution is -2.36. The predicted molar refractivity (Wildman–Crippen MR) is 134 cm³/mol. The predicted octanol–water partition coefficient (Wildman–Crippen LogP) is 5.12. The Morgan fingerprint density at radius 1 is 1.12 bits per heavy atom. The molecule has 0 N–H and O–H groups in total. The van der Waals surface area contributed by atoms with E-state index in [1.54, 1.807) is 17.4 Å². The maximum absolute atomic E-state index is 13.2. The minimum atomic E-state index is -0.124. The van der Waals surface area contributed by atoms with Gasteiger partial charge in [0.1, 0.15) is 11.5 Å². The molecule has 0 atom stereocenters. The lowest BCUT2D eigenvalue weighted by Gasteiger charge is -2.20. The number of imidazole rings is 1. The van der Waals surface area contributed by atoms with Crippen molar-refractivity contribution in [2.24, 2.45) is 0 Å². The van der Waals surface area contributed by atoms with Crippen molar-refractivity contribution in [1.82, 2.24) is 14.5 Å². The highest BCUT2D eigenvalue weighted by molar-refractivity contribution is 7.22. The molecule has 0 saturated heterocycles. The number of anilines is 1. The van der Waals surface area contributed by atoms with Crippen LogP contribution in [0.5, 0.6) is 11.5 Å². The number of benzene rings is 2. The van der Waals surface area contributed by atoms with Gasteiger partial charge in [0.15, 0.2) is 11.7 Å². The minimum absolute atomic E-state index is 0. The van der Waals surface area contributed by atoms with Gasteiger partial charge in [-0.3, -0.25) is 9.69 Å². The molecule has 2 aromatic heterocycles. The first-order chi connectivity index (χ1) is 15.6. The van der Waals surface area contributed by atoms with E-state index in [-0.39, 0.29) is 24.9 Å². The SMILES string of the molecule is CCOc1ccc(OCC(=O)N(CCCn2ccnc2)c2nc3c(C)cccc3s2)cc1.Cl. The van der Waals surface area contributed by atoms with Crippen molar-refractivity contribution in [3.8, 4) is 11.5 Å². The Morgan fingerprint density at radius 2 is 1.88 bits per heavy atom. The summed E-state index contributed by atoms with van der Waals surface area (Å²) in [6, 6.07) is 13.4. The number of rotatable bonds is 10. The van der Waals surface area contributed by atoms with Crippen LogP contribution in [0.2, 0.25) is 0 Å². The molecule has 2 heterocycles. The van der Waals surface area contributed by atoms with Crippen LogP contribution in [0.25, 0.3) is 10.2 Å². The van der Waals surface area contributed by atoms with Crippen molar-refractivity contribution in [3.63, 3.8) is 0 Å². The molecule has 2 aromatic carbocycles. The molecule has 174 valence electrons. The summed E-state index contributed by atoms with van der Waals surface area (Å²) in [4.78, 5) is 23.7. The second-order valence-electron chi connectivity index (χ2n) is 7.31. The van der Waals surface area contributed by atoms with E-state index in [0.717, 1.165) is 34.5 Å². The lowest BCUT2D eigenvalue weighted by atomic mass is 10.2. The van der Waals surface area contributed by atoms with Crippen molar-refractivity contribution in [2.45, 2.75) is 26.8 Å². The average molecular weight is 487 g/mol. The Morgan fingerprint density at radius 3 is 2.55 bits per heavy atom. The molecule has 0 aliphatic heterocycles. The maximum atomic E-state index is 13.2. The number of aryl methyl sites for hydroxylation is 2. The Balaban J connectivity index is 0.00000306. The number of carbonyl (C=O) groups excluding carboxylic acids is 1. The van der Waals surface area contributed by atoms with Crippen LogP contribution >= 0.6 is 23.7 Å². The summed E-state index contributed by atoms with van der Waals surface area (Å²) in [5, 5.41) is 0.695. The van der Waals surface area contributed by atoms with Gasteiger partial charge >= 0.3 is 0 Å².